The predicted octanol–water partition coefficient (Wildman–Crippen LogP) is 15.4. The molecule has 2 heterocycles. The van der Waals surface area contributed by atoms with Crippen LogP contribution in [0.2, 0.25) is 0 Å². The maximum absolute atomic E-state index is 13.5. The van der Waals surface area contributed by atoms with E-state index >= 15 is 0 Å². The molecule has 8 aromatic carbocycles. The average Bonchev–Trinajstić information content (AvgIpc) is 4.18. The number of phenols is 1. The van der Waals surface area contributed by atoms with E-state index in [4.69, 9.17) is 25.1 Å². The number of carbonyl (C=O) groups excluding carboxylic acids is 3. The highest BCUT2D eigenvalue weighted by atomic mass is 19.2. The van der Waals surface area contributed by atoms with Crippen molar-refractivity contribution in [1.82, 2.24) is 20.0 Å². The smallest absolute Gasteiger partial charge is 0.339 e. The summed E-state index contributed by atoms with van der Waals surface area (Å²) in [6, 6.07) is 40.2. The molecule has 0 aliphatic heterocycles. The second-order valence-electron chi connectivity index (χ2n) is 16.3. The Balaban J connectivity index is 0.000000168. The van der Waals surface area contributed by atoms with E-state index in [9.17, 15) is 53.9 Å². The fourth-order valence-electron chi connectivity index (χ4n) is 6.39. The van der Waals surface area contributed by atoms with Gasteiger partial charge in [0, 0.05) is 53.3 Å². The zero-order valence-electron chi connectivity index (χ0n) is 41.7. The molecule has 0 atom stereocenters. The number of halogens is 9. The number of amides is 1. The van der Waals surface area contributed by atoms with Crippen LogP contribution in [-0.2, 0) is 0 Å². The molecule has 4 N–H and O–H groups in total. The number of primary amides is 1. The maximum atomic E-state index is 13.5. The van der Waals surface area contributed by atoms with Gasteiger partial charge in [0.2, 0.25) is 0 Å². The molecule has 1 amide bonds. The van der Waals surface area contributed by atoms with E-state index < -0.39 is 58.3 Å². The zero-order chi connectivity index (χ0) is 57.9. The number of Topliss-reactive ketones (excluding diaryl/α,β-unsaturated/α-hetero) is 2. The number of nitrogens with zero attached hydrogens (tertiary/aromatic N) is 3. The summed E-state index contributed by atoms with van der Waals surface area (Å²) in [4.78, 5) is 32.7. The first kappa shape index (κ1) is 58.8. The monoisotopic (exact) mass is 1100 g/mol. The molecule has 0 saturated heterocycles. The van der Waals surface area contributed by atoms with E-state index in [1.54, 1.807) is 72.9 Å². The molecule has 0 aliphatic rings. The van der Waals surface area contributed by atoms with Gasteiger partial charge in [0.05, 0.1) is 11.4 Å². The van der Waals surface area contributed by atoms with E-state index in [0.717, 1.165) is 70.0 Å². The summed E-state index contributed by atoms with van der Waals surface area (Å²) in [6.45, 7) is 2.91. The van der Waals surface area contributed by atoms with Gasteiger partial charge in [0.25, 0.3) is 0 Å². The molecular formula is C59H42F9N5O7. The first-order valence-corrected chi connectivity index (χ1v) is 23.2. The van der Waals surface area contributed by atoms with Gasteiger partial charge in [0.1, 0.15) is 46.3 Å². The summed E-state index contributed by atoms with van der Waals surface area (Å²) in [7, 11) is 0. The number of aromatic amines is 1. The van der Waals surface area contributed by atoms with E-state index in [1.807, 2.05) is 18.2 Å². The first-order valence-electron chi connectivity index (χ1n) is 23.2. The summed E-state index contributed by atoms with van der Waals surface area (Å²) in [6.07, 6.45) is 3.11. The van der Waals surface area contributed by atoms with E-state index in [1.165, 1.54) is 62.5 Å². The van der Waals surface area contributed by atoms with Crippen molar-refractivity contribution < 1.29 is 73.2 Å². The number of H-pyrrole nitrogens is 1. The Morgan fingerprint density at radius 2 is 0.838 bits per heavy atom. The van der Waals surface area contributed by atoms with Crippen molar-refractivity contribution in [3.63, 3.8) is 0 Å². The molecule has 0 unspecified atom stereocenters. The molecule has 0 aliphatic carbocycles. The van der Waals surface area contributed by atoms with E-state index in [2.05, 4.69) is 15.3 Å². The molecule has 80 heavy (non-hydrogen) atoms. The fourth-order valence-corrected chi connectivity index (χ4v) is 6.39. The van der Waals surface area contributed by atoms with Gasteiger partial charge in [0.15, 0.2) is 57.8 Å². The number of ether oxygens (including phenoxy) is 3. The number of nitrogens with one attached hydrogen (secondary N) is 1. The minimum atomic E-state index is -0.935. The van der Waals surface area contributed by atoms with E-state index in [0.29, 0.717) is 40.1 Å². The predicted molar refractivity (Wildman–Crippen MR) is 277 cm³/mol. The van der Waals surface area contributed by atoms with Crippen molar-refractivity contribution in [1.29, 1.82) is 0 Å². The summed E-state index contributed by atoms with van der Waals surface area (Å²) in [5, 5.41) is 19.2. The molecule has 408 valence electrons. The molecule has 0 bridgehead atoms. The van der Waals surface area contributed by atoms with Crippen molar-refractivity contribution in [3.05, 3.63) is 258 Å². The number of benzene rings is 8. The Labute approximate surface area is 449 Å². The third-order valence-electron chi connectivity index (χ3n) is 10.4. The van der Waals surface area contributed by atoms with Crippen LogP contribution in [0.1, 0.15) is 34.6 Å². The number of ketones is 2. The Hall–Kier alpha value is -10.4. The molecule has 12 nitrogen and oxygen atoms in total. The minimum Gasteiger partial charge on any atom is -0.505 e. The van der Waals surface area contributed by atoms with Crippen LogP contribution in [0.5, 0.6) is 40.2 Å². The van der Waals surface area contributed by atoms with Crippen LogP contribution < -0.4 is 19.9 Å². The van der Waals surface area contributed by atoms with Crippen molar-refractivity contribution >= 4 is 17.6 Å². The number of aromatic hydroxyl groups is 1. The van der Waals surface area contributed by atoms with Crippen molar-refractivity contribution in [2.75, 3.05) is 0 Å². The zero-order valence-corrected chi connectivity index (χ0v) is 41.7. The van der Waals surface area contributed by atoms with Crippen LogP contribution in [-0.4, -0.2) is 42.7 Å². The molecule has 10 aromatic rings. The molecule has 0 fully saturated rings. The Morgan fingerprint density at radius 3 is 1.19 bits per heavy atom. The number of rotatable bonds is 10. The summed E-state index contributed by atoms with van der Waals surface area (Å²) in [5.74, 6) is -5.74. The molecule has 2 aromatic heterocycles. The van der Waals surface area contributed by atoms with Crippen LogP contribution in [0.3, 0.4) is 0 Å². The van der Waals surface area contributed by atoms with Crippen molar-refractivity contribution in [3.8, 4) is 62.8 Å². The van der Waals surface area contributed by atoms with Gasteiger partial charge in [-0.2, -0.15) is 14.9 Å². The molecule has 0 radical (unpaired) electrons. The van der Waals surface area contributed by atoms with Gasteiger partial charge in [-0.25, -0.2) is 44.3 Å². The SMILES string of the molecule is CC(=O)c1ccc(F)cc1.CC(=O)c1ccc(Oc2ccc(F)cc2F)cc1.Fc1ccc(Oc2ccc(-c3ccn[nH]3)cc2)c(F)c1.NC(=O)n1ccc(-c2ccc(Oc3ccc(F)cc3F)cc2)n1.Oc1ccc(F)cc1F. The van der Waals surface area contributed by atoms with Crippen LogP contribution in [0.25, 0.3) is 22.5 Å². The standard InChI is InChI=1S/C16H11F2N3O2.C15H10F2N2O.C14H10F2O2.C8H7FO.C6H4F2O/c17-11-3-6-15(13(18)9-11)23-12-4-1-10(2-5-12)14-7-8-21(20-14)16(19)22;16-11-3-6-15(13(17)9-11)20-12-4-1-10(2-5-12)14-7-8-18-19-14;1-9(17)10-2-5-12(6-3-10)18-14-7-4-11(15)8-13(14)16;1-6(10)7-2-4-8(9)5-3-7;7-4-1-2-6(9)5(8)3-4/h1-9H,(H2,19,22);1-9H,(H,18,19);2-8H,1H3;2-5H,1H3;1-3,9H. The van der Waals surface area contributed by atoms with Gasteiger partial charge < -0.3 is 25.1 Å². The van der Waals surface area contributed by atoms with Crippen LogP contribution in [0.15, 0.2) is 194 Å². The fraction of sp³-hybridized carbons (Fsp3) is 0.0339. The molecule has 0 saturated carbocycles. The number of hydrogen-bond acceptors (Lipinski definition) is 9. The molecular weight excluding hydrogens is 1060 g/mol. The normalized spacial score (nSPS) is 10.2. The summed E-state index contributed by atoms with van der Waals surface area (Å²) >= 11 is 0. The van der Waals surface area contributed by atoms with Gasteiger partial charge >= 0.3 is 6.03 Å². The van der Waals surface area contributed by atoms with Crippen LogP contribution in [0.4, 0.5) is 44.3 Å². The molecule has 21 heteroatoms. The second-order valence-corrected chi connectivity index (χ2v) is 16.3. The van der Waals surface area contributed by atoms with Gasteiger partial charge in [-0.05, 0) is 177 Å². The number of phenolic OH excluding ortho intramolecular Hbond substituents is 1. The van der Waals surface area contributed by atoms with Gasteiger partial charge in [-0.1, -0.05) is 0 Å². The highest BCUT2D eigenvalue weighted by Gasteiger charge is 2.11. The second kappa shape index (κ2) is 28.1. The lowest BCUT2D eigenvalue weighted by Gasteiger charge is -2.07. The third kappa shape index (κ3) is 17.8. The number of carbonyl (C=O) groups is 3. The lowest BCUT2D eigenvalue weighted by atomic mass is 10.1. The quantitative estimate of drug-likeness (QED) is 0.0890. The highest BCUT2D eigenvalue weighted by molar-refractivity contribution is 5.94. The number of nitrogens with two attached hydrogens (primary N) is 1. The maximum Gasteiger partial charge on any atom is 0.339 e. The topological polar surface area (TPSA) is 172 Å². The lowest BCUT2D eigenvalue weighted by molar-refractivity contribution is 0.100. The summed E-state index contributed by atoms with van der Waals surface area (Å²) in [5.41, 5.74) is 9.32. The molecule has 10 rings (SSSR count). The van der Waals surface area contributed by atoms with Gasteiger partial charge in [-0.15, -0.1) is 0 Å². The molecule has 0 spiro atoms. The Bertz CT molecular complexity index is 3680. The highest BCUT2D eigenvalue weighted by Crippen LogP contribution is 2.30. The Morgan fingerprint density at radius 1 is 0.463 bits per heavy atom. The van der Waals surface area contributed by atoms with Crippen LogP contribution in [0, 0.1) is 52.4 Å². The number of aromatic nitrogens is 4. The number of hydrogen-bond donors (Lipinski definition) is 3. The van der Waals surface area contributed by atoms with Crippen molar-refractivity contribution in [2.24, 2.45) is 5.73 Å². The summed E-state index contributed by atoms with van der Waals surface area (Å²) < 4.78 is 132. The third-order valence-corrected chi connectivity index (χ3v) is 10.4. The van der Waals surface area contributed by atoms with Crippen molar-refractivity contribution in [2.45, 2.75) is 13.8 Å². The first-order chi connectivity index (χ1) is 38.2. The minimum absolute atomic E-state index is 0.0132. The Kier molecular flexibility index (Phi) is 20.6. The van der Waals surface area contributed by atoms with Gasteiger partial charge in [-0.3, -0.25) is 14.7 Å². The largest absolute Gasteiger partial charge is 0.505 e. The van der Waals surface area contributed by atoms with E-state index in [-0.39, 0.29) is 34.6 Å². The lowest BCUT2D eigenvalue weighted by Crippen LogP contribution is -2.19. The average molecular weight is 1100 g/mol. The van der Waals surface area contributed by atoms with Crippen LogP contribution >= 0.6 is 0 Å².